The van der Waals surface area contributed by atoms with Crippen LogP contribution in [0.2, 0.25) is 0 Å². The minimum atomic E-state index is 0.427. The average Bonchev–Trinajstić information content (AvgIpc) is 2.42. The van der Waals surface area contributed by atoms with Gasteiger partial charge in [0.2, 0.25) is 0 Å². The molecule has 1 aromatic carbocycles. The maximum Gasteiger partial charge on any atom is 0.189 e. The third-order valence-electron chi connectivity index (χ3n) is 2.59. The molecule has 3 N–H and O–H groups in total. The van der Waals surface area contributed by atoms with E-state index in [9.17, 15) is 0 Å². The zero-order chi connectivity index (χ0) is 12.8. The van der Waals surface area contributed by atoms with Crippen molar-refractivity contribution in [2.75, 3.05) is 6.54 Å². The first-order chi connectivity index (χ1) is 8.81. The number of nitrogens with two attached hydrogens (primary N) is 1. The highest BCUT2D eigenvalue weighted by Gasteiger charge is 2.00. The molecule has 0 aliphatic heterocycles. The summed E-state index contributed by atoms with van der Waals surface area (Å²) in [5.74, 6) is 0.427. The lowest BCUT2D eigenvalue weighted by molar-refractivity contribution is 0.973. The molecule has 4 heteroatoms. The van der Waals surface area contributed by atoms with Gasteiger partial charge in [-0.2, -0.15) is 0 Å². The molecule has 0 radical (unpaired) electrons. The van der Waals surface area contributed by atoms with Crippen molar-refractivity contribution in [3.63, 3.8) is 0 Å². The van der Waals surface area contributed by atoms with Crippen molar-refractivity contribution in [2.45, 2.75) is 6.54 Å². The van der Waals surface area contributed by atoms with Crippen molar-refractivity contribution in [1.82, 2.24) is 10.3 Å². The molecular formula is C14H16N4. The minimum Gasteiger partial charge on any atom is -0.370 e. The van der Waals surface area contributed by atoms with E-state index in [1.807, 2.05) is 30.3 Å². The molecule has 92 valence electrons. The first kappa shape index (κ1) is 12.1. The molecule has 1 aromatic heterocycles. The summed E-state index contributed by atoms with van der Waals surface area (Å²) in [5, 5.41) is 4.06. The topological polar surface area (TPSA) is 63.3 Å². The fourth-order valence-corrected chi connectivity index (χ4v) is 1.70. The van der Waals surface area contributed by atoms with E-state index >= 15 is 0 Å². The second kappa shape index (κ2) is 5.82. The molecule has 0 spiro atoms. The van der Waals surface area contributed by atoms with Crippen molar-refractivity contribution < 1.29 is 0 Å². The van der Waals surface area contributed by atoms with E-state index < -0.39 is 0 Å². The Labute approximate surface area is 106 Å². The summed E-state index contributed by atoms with van der Waals surface area (Å²) >= 11 is 0. The van der Waals surface area contributed by atoms with Crippen LogP contribution in [0.15, 0.2) is 54.2 Å². The SMILES string of the molecule is C=CCNC(N)=NCc1ccnc2ccccc12. The zero-order valence-corrected chi connectivity index (χ0v) is 10.1. The van der Waals surface area contributed by atoms with Gasteiger partial charge >= 0.3 is 0 Å². The number of benzene rings is 1. The van der Waals surface area contributed by atoms with Crippen LogP contribution < -0.4 is 11.1 Å². The molecule has 0 saturated heterocycles. The minimum absolute atomic E-state index is 0.427. The van der Waals surface area contributed by atoms with Gasteiger partial charge in [0.15, 0.2) is 5.96 Å². The van der Waals surface area contributed by atoms with Gasteiger partial charge in [0, 0.05) is 18.1 Å². The van der Waals surface area contributed by atoms with Crippen molar-refractivity contribution in [3.8, 4) is 0 Å². The fraction of sp³-hybridized carbons (Fsp3) is 0.143. The van der Waals surface area contributed by atoms with Crippen LogP contribution in [0.3, 0.4) is 0 Å². The molecule has 0 atom stereocenters. The van der Waals surface area contributed by atoms with Crippen molar-refractivity contribution in [3.05, 3.63) is 54.7 Å². The van der Waals surface area contributed by atoms with Gasteiger partial charge in [0.05, 0.1) is 12.1 Å². The number of fused-ring (bicyclic) bond motifs is 1. The first-order valence-electron chi connectivity index (χ1n) is 5.78. The summed E-state index contributed by atoms with van der Waals surface area (Å²) in [6.07, 6.45) is 3.53. The Kier molecular flexibility index (Phi) is 3.91. The van der Waals surface area contributed by atoms with Gasteiger partial charge in [-0.25, -0.2) is 4.99 Å². The Bertz CT molecular complexity index is 570. The number of aromatic nitrogens is 1. The number of hydrogen-bond donors (Lipinski definition) is 2. The molecule has 1 heterocycles. The second-order valence-corrected chi connectivity index (χ2v) is 3.86. The van der Waals surface area contributed by atoms with E-state index in [2.05, 4.69) is 21.9 Å². The van der Waals surface area contributed by atoms with Crippen molar-refractivity contribution in [2.24, 2.45) is 10.7 Å². The van der Waals surface area contributed by atoms with Gasteiger partial charge in [-0.15, -0.1) is 6.58 Å². The van der Waals surface area contributed by atoms with Gasteiger partial charge in [-0.3, -0.25) is 4.98 Å². The molecule has 0 saturated carbocycles. The lowest BCUT2D eigenvalue weighted by atomic mass is 10.1. The predicted molar refractivity (Wildman–Crippen MR) is 75.3 cm³/mol. The average molecular weight is 240 g/mol. The summed E-state index contributed by atoms with van der Waals surface area (Å²) in [5.41, 5.74) is 7.82. The number of pyridine rings is 1. The zero-order valence-electron chi connectivity index (χ0n) is 10.1. The molecule has 0 unspecified atom stereocenters. The summed E-state index contributed by atoms with van der Waals surface area (Å²) in [4.78, 5) is 8.60. The standard InChI is InChI=1S/C14H16N4/c1-2-8-17-14(15)18-10-11-7-9-16-13-6-4-3-5-12(11)13/h2-7,9H,1,8,10H2,(H3,15,17,18). The number of hydrogen-bond acceptors (Lipinski definition) is 2. The van der Waals surface area contributed by atoms with Crippen LogP contribution in [0.25, 0.3) is 10.9 Å². The van der Waals surface area contributed by atoms with E-state index in [-0.39, 0.29) is 0 Å². The van der Waals surface area contributed by atoms with Gasteiger partial charge < -0.3 is 11.1 Å². The molecule has 2 aromatic rings. The Morgan fingerprint density at radius 2 is 2.22 bits per heavy atom. The first-order valence-corrected chi connectivity index (χ1v) is 5.78. The summed E-state index contributed by atoms with van der Waals surface area (Å²) in [6, 6.07) is 9.97. The molecule has 0 aliphatic rings. The van der Waals surface area contributed by atoms with Crippen LogP contribution in [0.4, 0.5) is 0 Å². The molecule has 18 heavy (non-hydrogen) atoms. The maximum absolute atomic E-state index is 5.73. The Morgan fingerprint density at radius 1 is 1.39 bits per heavy atom. The van der Waals surface area contributed by atoms with Gasteiger partial charge in [0.1, 0.15) is 0 Å². The summed E-state index contributed by atoms with van der Waals surface area (Å²) < 4.78 is 0. The number of guanidine groups is 1. The van der Waals surface area contributed by atoms with Crippen LogP contribution >= 0.6 is 0 Å². The van der Waals surface area contributed by atoms with Gasteiger partial charge in [0.25, 0.3) is 0 Å². The molecule has 4 nitrogen and oxygen atoms in total. The second-order valence-electron chi connectivity index (χ2n) is 3.86. The Hall–Kier alpha value is -2.36. The number of nitrogens with one attached hydrogen (secondary N) is 1. The van der Waals surface area contributed by atoms with Gasteiger partial charge in [-0.1, -0.05) is 24.3 Å². The molecule has 0 bridgehead atoms. The van der Waals surface area contributed by atoms with E-state index in [4.69, 9.17) is 5.73 Å². The van der Waals surface area contributed by atoms with E-state index in [0.717, 1.165) is 16.5 Å². The molecule has 0 aliphatic carbocycles. The fourth-order valence-electron chi connectivity index (χ4n) is 1.70. The Balaban J connectivity index is 2.19. The maximum atomic E-state index is 5.73. The number of rotatable bonds is 4. The lowest BCUT2D eigenvalue weighted by Gasteiger charge is -2.05. The number of aliphatic imine (C=N–C) groups is 1. The van der Waals surface area contributed by atoms with E-state index in [0.29, 0.717) is 19.0 Å². The highest BCUT2D eigenvalue weighted by molar-refractivity contribution is 5.82. The van der Waals surface area contributed by atoms with Crippen LogP contribution in [0.5, 0.6) is 0 Å². The van der Waals surface area contributed by atoms with Crippen LogP contribution in [0.1, 0.15) is 5.56 Å². The lowest BCUT2D eigenvalue weighted by Crippen LogP contribution is -2.31. The van der Waals surface area contributed by atoms with E-state index in [1.54, 1.807) is 12.3 Å². The smallest absolute Gasteiger partial charge is 0.189 e. The van der Waals surface area contributed by atoms with Crippen molar-refractivity contribution in [1.29, 1.82) is 0 Å². The monoisotopic (exact) mass is 240 g/mol. The highest BCUT2D eigenvalue weighted by Crippen LogP contribution is 2.16. The molecule has 2 rings (SSSR count). The molecular weight excluding hydrogens is 224 g/mol. The third-order valence-corrected chi connectivity index (χ3v) is 2.59. The van der Waals surface area contributed by atoms with Crippen LogP contribution in [-0.4, -0.2) is 17.5 Å². The van der Waals surface area contributed by atoms with E-state index in [1.165, 1.54) is 0 Å². The normalized spacial score (nSPS) is 11.4. The van der Waals surface area contributed by atoms with Crippen molar-refractivity contribution >= 4 is 16.9 Å². The van der Waals surface area contributed by atoms with Crippen LogP contribution in [-0.2, 0) is 6.54 Å². The largest absolute Gasteiger partial charge is 0.370 e. The van der Waals surface area contributed by atoms with Gasteiger partial charge in [-0.05, 0) is 17.7 Å². The quantitative estimate of drug-likeness (QED) is 0.487. The summed E-state index contributed by atoms with van der Waals surface area (Å²) in [7, 11) is 0. The Morgan fingerprint density at radius 3 is 3.06 bits per heavy atom. The van der Waals surface area contributed by atoms with Crippen LogP contribution in [0, 0.1) is 0 Å². The molecule has 0 fully saturated rings. The molecule has 0 amide bonds. The predicted octanol–water partition coefficient (Wildman–Crippen LogP) is 1.83. The number of para-hydroxylation sites is 1. The number of nitrogens with zero attached hydrogens (tertiary/aromatic N) is 2. The third kappa shape index (κ3) is 2.85. The summed E-state index contributed by atoms with van der Waals surface area (Å²) in [6.45, 7) is 4.77. The highest BCUT2D eigenvalue weighted by atomic mass is 15.1.